The Morgan fingerprint density at radius 3 is 3.06 bits per heavy atom. The lowest BCUT2D eigenvalue weighted by Gasteiger charge is -2.28. The van der Waals surface area contributed by atoms with Crippen LogP contribution in [0.3, 0.4) is 0 Å². The largest absolute Gasteiger partial charge is 0.492 e. The second-order valence-corrected chi connectivity index (χ2v) is 5.04. The van der Waals surface area contributed by atoms with E-state index in [-0.39, 0.29) is 5.41 Å². The van der Waals surface area contributed by atoms with Crippen molar-refractivity contribution in [3.8, 4) is 0 Å². The van der Waals surface area contributed by atoms with Gasteiger partial charge in [0.05, 0.1) is 0 Å². The average molecular weight is 219 g/mol. The normalized spacial score (nSPS) is 24.9. The number of allylic oxidation sites excluding steroid dienone is 5. The van der Waals surface area contributed by atoms with Crippen molar-refractivity contribution in [1.29, 1.82) is 0 Å². The molecule has 0 spiro atoms. The van der Waals surface area contributed by atoms with E-state index in [0.29, 0.717) is 0 Å². The number of hydrogen-bond donors (Lipinski definition) is 1. The maximum Gasteiger partial charge on any atom is 0.119 e. The van der Waals surface area contributed by atoms with Gasteiger partial charge in [0.15, 0.2) is 0 Å². The highest BCUT2D eigenvalue weighted by Gasteiger charge is 2.27. The number of nitrogens with one attached hydrogen (secondary N) is 1. The summed E-state index contributed by atoms with van der Waals surface area (Å²) in [6, 6.07) is 0. The second kappa shape index (κ2) is 4.88. The lowest BCUT2D eigenvalue weighted by atomic mass is 9.79. The Morgan fingerprint density at radius 1 is 1.31 bits per heavy atom. The van der Waals surface area contributed by atoms with Crippen LogP contribution in [-0.4, -0.2) is 19.7 Å². The molecule has 88 valence electrons. The monoisotopic (exact) mass is 219 g/mol. The fourth-order valence-electron chi connectivity index (χ4n) is 2.20. The van der Waals surface area contributed by atoms with Gasteiger partial charge in [0.1, 0.15) is 12.4 Å². The van der Waals surface area contributed by atoms with Gasteiger partial charge >= 0.3 is 0 Å². The molecule has 0 unspecified atom stereocenters. The van der Waals surface area contributed by atoms with Crippen molar-refractivity contribution in [3.05, 3.63) is 35.6 Å². The van der Waals surface area contributed by atoms with Crippen LogP contribution in [0.5, 0.6) is 0 Å². The van der Waals surface area contributed by atoms with Crippen molar-refractivity contribution in [2.24, 2.45) is 5.41 Å². The Morgan fingerprint density at radius 2 is 2.19 bits per heavy atom. The van der Waals surface area contributed by atoms with E-state index < -0.39 is 0 Å². The van der Waals surface area contributed by atoms with Crippen LogP contribution < -0.4 is 5.32 Å². The van der Waals surface area contributed by atoms with E-state index in [1.54, 1.807) is 0 Å². The summed E-state index contributed by atoms with van der Waals surface area (Å²) >= 11 is 0. The molecule has 0 saturated carbocycles. The van der Waals surface area contributed by atoms with Crippen LogP contribution in [-0.2, 0) is 4.74 Å². The van der Waals surface area contributed by atoms with Gasteiger partial charge in [-0.1, -0.05) is 32.1 Å². The lowest BCUT2D eigenvalue weighted by molar-refractivity contribution is 0.215. The van der Waals surface area contributed by atoms with Crippen molar-refractivity contribution >= 4 is 0 Å². The van der Waals surface area contributed by atoms with Crippen LogP contribution in [0, 0.1) is 5.41 Å². The van der Waals surface area contributed by atoms with Crippen LogP contribution in [0.2, 0.25) is 0 Å². The zero-order valence-electron chi connectivity index (χ0n) is 10.3. The van der Waals surface area contributed by atoms with Gasteiger partial charge < -0.3 is 10.1 Å². The highest BCUT2D eigenvalue weighted by atomic mass is 16.5. The van der Waals surface area contributed by atoms with Gasteiger partial charge in [0.25, 0.3) is 0 Å². The van der Waals surface area contributed by atoms with E-state index in [1.807, 2.05) is 0 Å². The van der Waals surface area contributed by atoms with Crippen LogP contribution in [0.4, 0.5) is 0 Å². The first-order valence-corrected chi connectivity index (χ1v) is 6.11. The van der Waals surface area contributed by atoms with Gasteiger partial charge in [-0.15, -0.1) is 0 Å². The first-order chi connectivity index (χ1) is 7.70. The molecule has 0 amide bonds. The molecule has 2 aliphatic rings. The smallest absolute Gasteiger partial charge is 0.119 e. The van der Waals surface area contributed by atoms with Gasteiger partial charge in [-0.05, 0) is 36.5 Å². The molecule has 0 bridgehead atoms. The molecule has 2 rings (SSSR count). The molecular weight excluding hydrogens is 198 g/mol. The molecule has 1 heterocycles. The Bertz CT molecular complexity index is 337. The molecule has 1 fully saturated rings. The summed E-state index contributed by atoms with van der Waals surface area (Å²) in [6.45, 7) is 7.35. The number of fused-ring (bicyclic) bond motifs is 1. The molecule has 0 atom stereocenters. The van der Waals surface area contributed by atoms with E-state index in [9.17, 15) is 0 Å². The lowest BCUT2D eigenvalue weighted by Crippen LogP contribution is -2.24. The molecule has 1 saturated heterocycles. The highest BCUT2D eigenvalue weighted by Crippen LogP contribution is 2.36. The van der Waals surface area contributed by atoms with Crippen LogP contribution in [0.15, 0.2) is 35.6 Å². The summed E-state index contributed by atoms with van der Waals surface area (Å²) in [4.78, 5) is 0. The van der Waals surface area contributed by atoms with Crippen LogP contribution in [0.1, 0.15) is 26.7 Å². The molecule has 16 heavy (non-hydrogen) atoms. The Kier molecular flexibility index (Phi) is 3.49. The van der Waals surface area contributed by atoms with Crippen LogP contribution >= 0.6 is 0 Å². The Labute approximate surface area is 98.1 Å². The van der Waals surface area contributed by atoms with Gasteiger partial charge in [-0.25, -0.2) is 0 Å². The van der Waals surface area contributed by atoms with Crippen LogP contribution in [0.25, 0.3) is 0 Å². The number of rotatable bonds is 0. The van der Waals surface area contributed by atoms with E-state index in [1.165, 1.54) is 5.57 Å². The highest BCUT2D eigenvalue weighted by molar-refractivity contribution is 5.37. The topological polar surface area (TPSA) is 21.3 Å². The molecule has 2 heteroatoms. The minimum Gasteiger partial charge on any atom is -0.492 e. The summed E-state index contributed by atoms with van der Waals surface area (Å²) in [5.41, 5.74) is 1.52. The zero-order chi connectivity index (χ0) is 11.4. The van der Waals surface area contributed by atoms with Crippen molar-refractivity contribution in [2.75, 3.05) is 19.7 Å². The third kappa shape index (κ3) is 2.56. The molecule has 0 aromatic carbocycles. The zero-order valence-corrected chi connectivity index (χ0v) is 10.3. The minimum absolute atomic E-state index is 0.178. The van der Waals surface area contributed by atoms with Crippen molar-refractivity contribution < 1.29 is 4.74 Å². The summed E-state index contributed by atoms with van der Waals surface area (Å²) in [7, 11) is 0. The number of hydrogen-bond acceptors (Lipinski definition) is 2. The quantitative estimate of drug-likeness (QED) is 0.676. The third-order valence-corrected chi connectivity index (χ3v) is 3.30. The predicted molar refractivity (Wildman–Crippen MR) is 67.1 cm³/mol. The van der Waals surface area contributed by atoms with E-state index in [2.05, 4.69) is 43.5 Å². The maximum atomic E-state index is 5.87. The molecule has 1 aliphatic carbocycles. The van der Waals surface area contributed by atoms with Gasteiger partial charge in [0, 0.05) is 6.54 Å². The third-order valence-electron chi connectivity index (χ3n) is 3.30. The van der Waals surface area contributed by atoms with E-state index >= 15 is 0 Å². The molecule has 0 aromatic heterocycles. The average Bonchev–Trinajstić information content (AvgIpc) is 2.45. The summed E-state index contributed by atoms with van der Waals surface area (Å²) < 4.78 is 5.87. The second-order valence-electron chi connectivity index (χ2n) is 5.04. The molecular formula is C14H21NO. The van der Waals surface area contributed by atoms with E-state index in [4.69, 9.17) is 4.74 Å². The number of ether oxygens (including phenoxy) is 1. The van der Waals surface area contributed by atoms with Crippen molar-refractivity contribution in [2.45, 2.75) is 26.7 Å². The summed E-state index contributed by atoms with van der Waals surface area (Å²) in [6.07, 6.45) is 10.9. The molecule has 2 nitrogen and oxygen atoms in total. The first kappa shape index (κ1) is 11.5. The fraction of sp³-hybridized carbons (Fsp3) is 0.571. The van der Waals surface area contributed by atoms with Gasteiger partial charge in [0.2, 0.25) is 0 Å². The molecule has 0 radical (unpaired) electrons. The summed E-state index contributed by atoms with van der Waals surface area (Å²) in [5.74, 6) is 1.08. The Balaban J connectivity index is 2.31. The first-order valence-electron chi connectivity index (χ1n) is 6.11. The van der Waals surface area contributed by atoms with Gasteiger partial charge in [-0.3, -0.25) is 0 Å². The maximum absolute atomic E-state index is 5.87. The predicted octanol–water partition coefficient (Wildman–Crippen LogP) is 2.79. The fourth-order valence-corrected chi connectivity index (χ4v) is 2.20. The van der Waals surface area contributed by atoms with Crippen molar-refractivity contribution in [3.63, 3.8) is 0 Å². The van der Waals surface area contributed by atoms with E-state index in [0.717, 1.165) is 38.3 Å². The molecule has 0 aromatic rings. The summed E-state index contributed by atoms with van der Waals surface area (Å²) in [5, 5.41) is 3.41. The standard InChI is InChI=1S/C14H21NO/c1-14(2)8-9-15-10-11-16-13-7-5-3-4-6-12(13)14/h3-4,6-7,15H,5,8-11H2,1-2H3. The minimum atomic E-state index is 0.178. The van der Waals surface area contributed by atoms with Crippen molar-refractivity contribution in [1.82, 2.24) is 5.32 Å². The molecule has 1 N–H and O–H groups in total. The Hall–Kier alpha value is -1.02. The SMILES string of the molecule is CC1(C)CCNCCOC2=CCC=CC=C21. The molecule has 1 aliphatic heterocycles. The van der Waals surface area contributed by atoms with Gasteiger partial charge in [-0.2, -0.15) is 0 Å².